The third kappa shape index (κ3) is 4.13. The molecule has 0 bridgehead atoms. The maximum Gasteiger partial charge on any atom is 0.234 e. The number of aliphatic hydroxyl groups excluding tert-OH is 1. The van der Waals surface area contributed by atoms with Gasteiger partial charge in [0.25, 0.3) is 0 Å². The molecule has 1 aliphatic carbocycles. The number of nitrogens with zero attached hydrogens (tertiary/aromatic N) is 3. The minimum atomic E-state index is -0.619. The van der Waals surface area contributed by atoms with E-state index in [2.05, 4.69) is 45.8 Å². The molecule has 4 N–H and O–H groups in total. The van der Waals surface area contributed by atoms with Crippen molar-refractivity contribution >= 4 is 23.4 Å². The summed E-state index contributed by atoms with van der Waals surface area (Å²) < 4.78 is 0. The predicted octanol–water partition coefficient (Wildman–Crippen LogP) is 3.41. The third-order valence-electron chi connectivity index (χ3n) is 6.89. The molecule has 0 radical (unpaired) electrons. The van der Waals surface area contributed by atoms with Gasteiger partial charge in [-0.2, -0.15) is 10.2 Å². The summed E-state index contributed by atoms with van der Waals surface area (Å²) >= 11 is 0. The van der Waals surface area contributed by atoms with Gasteiger partial charge in [-0.15, -0.1) is 0 Å². The lowest BCUT2D eigenvalue weighted by atomic mass is 9.73. The number of hydrogen-bond donors (Lipinski definition) is 4. The Kier molecular flexibility index (Phi) is 5.78. The number of aromatic nitrogens is 2. The summed E-state index contributed by atoms with van der Waals surface area (Å²) in [5.74, 6) is 0.903. The first-order chi connectivity index (χ1) is 15.2. The van der Waals surface area contributed by atoms with E-state index < -0.39 is 5.41 Å². The molecule has 1 aromatic heterocycles. The van der Waals surface area contributed by atoms with Gasteiger partial charge in [0.05, 0.1) is 17.7 Å². The van der Waals surface area contributed by atoms with Gasteiger partial charge in [-0.05, 0) is 49.7 Å². The Balaban J connectivity index is 1.43. The van der Waals surface area contributed by atoms with Crippen molar-refractivity contribution in [1.29, 1.82) is 5.26 Å². The topological polar surface area (TPSA) is 123 Å². The highest BCUT2D eigenvalue weighted by Gasteiger charge is 2.42. The second kappa shape index (κ2) is 8.40. The number of anilines is 3. The first-order valence-electron chi connectivity index (χ1n) is 11.1. The summed E-state index contributed by atoms with van der Waals surface area (Å²) in [5, 5.41) is 29.2. The molecule has 1 aliphatic heterocycles. The lowest BCUT2D eigenvalue weighted by Crippen LogP contribution is -2.41. The molecule has 0 saturated heterocycles. The van der Waals surface area contributed by atoms with Crippen LogP contribution in [0.2, 0.25) is 0 Å². The lowest BCUT2D eigenvalue weighted by Gasteiger charge is -2.40. The van der Waals surface area contributed by atoms with Crippen LogP contribution in [0.3, 0.4) is 0 Å². The summed E-state index contributed by atoms with van der Waals surface area (Å²) in [4.78, 5) is 21.4. The summed E-state index contributed by atoms with van der Waals surface area (Å²) in [6.45, 7) is 6.57. The quantitative estimate of drug-likeness (QED) is 0.549. The Morgan fingerprint density at radius 1 is 1.28 bits per heavy atom. The summed E-state index contributed by atoms with van der Waals surface area (Å²) in [5.41, 5.74) is 1.44. The van der Waals surface area contributed by atoms with E-state index >= 15 is 0 Å². The van der Waals surface area contributed by atoms with Gasteiger partial charge in [0.1, 0.15) is 17.5 Å². The monoisotopic (exact) mass is 434 g/mol. The van der Waals surface area contributed by atoms with E-state index in [4.69, 9.17) is 0 Å². The molecule has 32 heavy (non-hydrogen) atoms. The second-order valence-corrected chi connectivity index (χ2v) is 9.70. The number of aliphatic hydroxyl groups is 1. The zero-order chi connectivity index (χ0) is 22.9. The molecule has 168 valence electrons. The molecule has 2 aliphatic rings. The van der Waals surface area contributed by atoms with Crippen LogP contribution in [0, 0.1) is 16.7 Å². The van der Waals surface area contributed by atoms with Crippen molar-refractivity contribution in [2.45, 2.75) is 64.0 Å². The van der Waals surface area contributed by atoms with Crippen molar-refractivity contribution in [2.24, 2.45) is 5.41 Å². The summed E-state index contributed by atoms with van der Waals surface area (Å²) in [6.07, 6.45) is 4.09. The highest BCUT2D eigenvalue weighted by Crippen LogP contribution is 2.40. The number of benzene rings is 1. The lowest BCUT2D eigenvalue weighted by molar-refractivity contribution is -0.120. The zero-order valence-electron chi connectivity index (χ0n) is 18.8. The number of carbonyl (C=O) groups is 1. The maximum absolute atomic E-state index is 12.6. The Bertz CT molecular complexity index is 1060. The van der Waals surface area contributed by atoms with Gasteiger partial charge >= 0.3 is 0 Å². The van der Waals surface area contributed by atoms with Crippen LogP contribution >= 0.6 is 0 Å². The van der Waals surface area contributed by atoms with Crippen LogP contribution < -0.4 is 16.0 Å². The Morgan fingerprint density at radius 2 is 2.06 bits per heavy atom. The van der Waals surface area contributed by atoms with Gasteiger partial charge < -0.3 is 21.1 Å². The molecular formula is C24H30N6O2. The van der Waals surface area contributed by atoms with Gasteiger partial charge in [0, 0.05) is 18.3 Å². The highest BCUT2D eigenvalue weighted by atomic mass is 16.3. The van der Waals surface area contributed by atoms with Crippen molar-refractivity contribution in [3.63, 3.8) is 0 Å². The average molecular weight is 435 g/mol. The van der Waals surface area contributed by atoms with Gasteiger partial charge in [-0.1, -0.05) is 32.0 Å². The van der Waals surface area contributed by atoms with Crippen LogP contribution in [0.15, 0.2) is 30.5 Å². The third-order valence-corrected chi connectivity index (χ3v) is 6.89. The number of fused-ring (bicyclic) bond motifs is 1. The molecule has 1 amide bonds. The number of para-hydroxylation sites is 1. The molecular weight excluding hydrogens is 404 g/mol. The first-order valence-corrected chi connectivity index (χ1v) is 11.1. The molecule has 0 spiro atoms. The molecule has 4 rings (SSSR count). The summed E-state index contributed by atoms with van der Waals surface area (Å²) in [7, 11) is 0. The van der Waals surface area contributed by atoms with Crippen molar-refractivity contribution in [2.75, 3.05) is 22.5 Å². The van der Waals surface area contributed by atoms with Gasteiger partial charge in [-0.3, -0.25) is 4.79 Å². The fraction of sp³-hybridized carbons (Fsp3) is 0.500. The fourth-order valence-corrected chi connectivity index (χ4v) is 4.73. The van der Waals surface area contributed by atoms with E-state index in [1.807, 2.05) is 31.2 Å². The van der Waals surface area contributed by atoms with E-state index in [-0.39, 0.29) is 23.5 Å². The molecule has 3 atom stereocenters. The Morgan fingerprint density at radius 3 is 2.81 bits per heavy atom. The zero-order valence-corrected chi connectivity index (χ0v) is 18.8. The van der Waals surface area contributed by atoms with Crippen LogP contribution in [0.5, 0.6) is 0 Å². The molecule has 1 aromatic carbocycles. The minimum absolute atomic E-state index is 0.00861. The molecule has 2 heterocycles. The SMILES string of the molecule is CC1(CCNc2ncc(C#N)c(NC3CCC(O)C(C)(C)C3)n2)C(=O)Nc2ccccc21. The minimum Gasteiger partial charge on any atom is -0.393 e. The largest absolute Gasteiger partial charge is 0.393 e. The smallest absolute Gasteiger partial charge is 0.234 e. The van der Waals surface area contributed by atoms with Crippen molar-refractivity contribution in [1.82, 2.24) is 9.97 Å². The van der Waals surface area contributed by atoms with E-state index in [1.165, 1.54) is 6.20 Å². The van der Waals surface area contributed by atoms with Crippen molar-refractivity contribution in [3.05, 3.63) is 41.6 Å². The van der Waals surface area contributed by atoms with Crippen LogP contribution in [0.4, 0.5) is 17.5 Å². The molecule has 3 unspecified atom stereocenters. The summed E-state index contributed by atoms with van der Waals surface area (Å²) in [6, 6.07) is 10.0. The predicted molar refractivity (Wildman–Crippen MR) is 123 cm³/mol. The van der Waals surface area contributed by atoms with Crippen LogP contribution in [0.25, 0.3) is 0 Å². The van der Waals surface area contributed by atoms with E-state index in [0.29, 0.717) is 36.7 Å². The van der Waals surface area contributed by atoms with Crippen molar-refractivity contribution < 1.29 is 9.90 Å². The van der Waals surface area contributed by atoms with Crippen LogP contribution in [-0.2, 0) is 10.2 Å². The van der Waals surface area contributed by atoms with E-state index in [9.17, 15) is 15.2 Å². The number of hydrogen-bond acceptors (Lipinski definition) is 7. The normalized spacial score (nSPS) is 26.0. The molecule has 8 nitrogen and oxygen atoms in total. The van der Waals surface area contributed by atoms with Gasteiger partial charge in [0.15, 0.2) is 0 Å². The molecule has 1 saturated carbocycles. The molecule has 2 aromatic rings. The highest BCUT2D eigenvalue weighted by molar-refractivity contribution is 6.05. The molecule has 1 fully saturated rings. The van der Waals surface area contributed by atoms with E-state index in [0.717, 1.165) is 24.1 Å². The number of amides is 1. The maximum atomic E-state index is 12.6. The fourth-order valence-electron chi connectivity index (χ4n) is 4.73. The van der Waals surface area contributed by atoms with Crippen LogP contribution in [-0.4, -0.2) is 39.7 Å². The Labute approximate surface area is 188 Å². The van der Waals surface area contributed by atoms with Crippen molar-refractivity contribution in [3.8, 4) is 6.07 Å². The number of carbonyl (C=O) groups excluding carboxylic acids is 1. The van der Waals surface area contributed by atoms with E-state index in [1.54, 1.807) is 0 Å². The standard InChI is InChI=1S/C24H30N6O2/c1-23(2)12-16(8-9-19(23)31)28-20-15(13-25)14-27-22(30-20)26-11-10-24(3)17-6-4-5-7-18(17)29-21(24)32/h4-7,14,16,19,31H,8-12H2,1-3H3,(H,29,32)(H2,26,27,28,30). The number of nitriles is 1. The van der Waals surface area contributed by atoms with Gasteiger partial charge in [-0.25, -0.2) is 4.98 Å². The first kappa shape index (κ1) is 22.0. The Hall–Kier alpha value is -3.18. The van der Waals surface area contributed by atoms with Crippen LogP contribution in [0.1, 0.15) is 57.6 Å². The average Bonchev–Trinajstić information content (AvgIpc) is 3.01. The second-order valence-electron chi connectivity index (χ2n) is 9.70. The number of nitrogens with one attached hydrogen (secondary N) is 3. The molecule has 8 heteroatoms. The number of rotatable bonds is 6. The van der Waals surface area contributed by atoms with Gasteiger partial charge in [0.2, 0.25) is 11.9 Å².